The number of rotatable bonds is 3. The topological polar surface area (TPSA) is 49.4 Å². The molecule has 0 atom stereocenters. The number of hydrogen-bond donors (Lipinski definition) is 1. The largest absolute Gasteiger partial charge is 0.342 e. The van der Waals surface area contributed by atoms with Crippen molar-refractivity contribution in [1.82, 2.24) is 4.90 Å². The van der Waals surface area contributed by atoms with Crippen LogP contribution in [-0.2, 0) is 15.0 Å². The molecule has 1 heterocycles. The fraction of sp³-hybridized carbons (Fsp3) is 0.636. The van der Waals surface area contributed by atoms with Gasteiger partial charge in [-0.05, 0) is 55.6 Å². The van der Waals surface area contributed by atoms with E-state index in [0.717, 1.165) is 62.9 Å². The zero-order valence-electron chi connectivity index (χ0n) is 16.4. The zero-order chi connectivity index (χ0) is 18.7. The Bertz CT molecular complexity index is 648. The van der Waals surface area contributed by atoms with E-state index < -0.39 is 0 Å². The molecular formula is C22H32N2O2. The van der Waals surface area contributed by atoms with E-state index in [9.17, 15) is 9.59 Å². The van der Waals surface area contributed by atoms with E-state index in [-0.39, 0.29) is 23.2 Å². The van der Waals surface area contributed by atoms with E-state index in [0.29, 0.717) is 5.91 Å². The lowest BCUT2D eigenvalue weighted by Crippen LogP contribution is -2.37. The Morgan fingerprint density at radius 1 is 0.962 bits per heavy atom. The molecule has 1 aromatic carbocycles. The van der Waals surface area contributed by atoms with Gasteiger partial charge >= 0.3 is 0 Å². The number of benzene rings is 1. The standard InChI is InChI=1S/C22H32N2O2/c1-22(2,3)18-8-4-5-9-19(18)23-20(25)16-10-12-17(13-11-16)21(26)24-14-6-7-15-24/h4-5,8-9,16-17H,6-7,10-15H2,1-3H3,(H,23,25). The van der Waals surface area contributed by atoms with Crippen LogP contribution in [-0.4, -0.2) is 29.8 Å². The first kappa shape index (κ1) is 18.9. The molecule has 1 aliphatic heterocycles. The minimum Gasteiger partial charge on any atom is -0.342 e. The fourth-order valence-corrected chi connectivity index (χ4v) is 4.28. The van der Waals surface area contributed by atoms with Gasteiger partial charge in [0.05, 0.1) is 0 Å². The summed E-state index contributed by atoms with van der Waals surface area (Å²) in [5, 5.41) is 3.15. The van der Waals surface area contributed by atoms with Gasteiger partial charge in [-0.2, -0.15) is 0 Å². The lowest BCUT2D eigenvalue weighted by atomic mass is 9.80. The van der Waals surface area contributed by atoms with Gasteiger partial charge in [-0.3, -0.25) is 9.59 Å². The highest BCUT2D eigenvalue weighted by Crippen LogP contribution is 2.33. The zero-order valence-corrected chi connectivity index (χ0v) is 16.4. The fourth-order valence-electron chi connectivity index (χ4n) is 4.28. The van der Waals surface area contributed by atoms with Crippen LogP contribution in [0.4, 0.5) is 5.69 Å². The lowest BCUT2D eigenvalue weighted by Gasteiger charge is -2.30. The van der Waals surface area contributed by atoms with E-state index in [1.165, 1.54) is 0 Å². The first-order valence-electron chi connectivity index (χ1n) is 10.1. The maximum atomic E-state index is 12.8. The first-order chi connectivity index (χ1) is 12.4. The van der Waals surface area contributed by atoms with Crippen LogP contribution in [0.1, 0.15) is 64.9 Å². The highest BCUT2D eigenvalue weighted by molar-refractivity contribution is 5.93. The number of carbonyl (C=O) groups excluding carboxylic acids is 2. The number of anilines is 1. The molecule has 0 radical (unpaired) electrons. The molecule has 142 valence electrons. The van der Waals surface area contributed by atoms with Crippen molar-refractivity contribution >= 4 is 17.5 Å². The summed E-state index contributed by atoms with van der Waals surface area (Å²) in [5.41, 5.74) is 2.07. The average molecular weight is 357 g/mol. The Kier molecular flexibility index (Phi) is 5.69. The molecule has 2 amide bonds. The first-order valence-corrected chi connectivity index (χ1v) is 10.1. The molecule has 2 aliphatic rings. The molecular weight excluding hydrogens is 324 g/mol. The third-order valence-electron chi connectivity index (χ3n) is 5.86. The van der Waals surface area contributed by atoms with Gasteiger partial charge in [0.15, 0.2) is 0 Å². The summed E-state index contributed by atoms with van der Waals surface area (Å²) >= 11 is 0. The Morgan fingerprint density at radius 2 is 1.54 bits per heavy atom. The highest BCUT2D eigenvalue weighted by Gasteiger charge is 2.33. The van der Waals surface area contributed by atoms with E-state index in [1.54, 1.807) is 0 Å². The lowest BCUT2D eigenvalue weighted by molar-refractivity contribution is -0.136. The molecule has 1 saturated heterocycles. The minimum absolute atomic E-state index is 0.0102. The molecule has 0 unspecified atom stereocenters. The van der Waals surface area contributed by atoms with Crippen molar-refractivity contribution in [2.75, 3.05) is 18.4 Å². The van der Waals surface area contributed by atoms with Gasteiger partial charge in [-0.15, -0.1) is 0 Å². The monoisotopic (exact) mass is 356 g/mol. The van der Waals surface area contributed by atoms with Crippen LogP contribution in [0.2, 0.25) is 0 Å². The molecule has 2 fully saturated rings. The molecule has 0 aromatic heterocycles. The van der Waals surface area contributed by atoms with E-state index in [2.05, 4.69) is 32.2 Å². The summed E-state index contributed by atoms with van der Waals surface area (Å²) in [4.78, 5) is 27.3. The smallest absolute Gasteiger partial charge is 0.227 e. The number of amides is 2. The number of nitrogens with zero attached hydrogens (tertiary/aromatic N) is 1. The molecule has 4 nitrogen and oxygen atoms in total. The summed E-state index contributed by atoms with van der Waals surface area (Å²) in [6, 6.07) is 8.06. The van der Waals surface area contributed by atoms with Crippen molar-refractivity contribution in [3.63, 3.8) is 0 Å². The molecule has 1 N–H and O–H groups in total. The number of para-hydroxylation sites is 1. The Morgan fingerprint density at radius 3 is 2.15 bits per heavy atom. The van der Waals surface area contributed by atoms with Crippen LogP contribution in [0.25, 0.3) is 0 Å². The number of likely N-dealkylation sites (tertiary alicyclic amines) is 1. The second-order valence-corrected chi connectivity index (χ2v) is 8.87. The second kappa shape index (κ2) is 7.81. The van der Waals surface area contributed by atoms with Crippen molar-refractivity contribution in [1.29, 1.82) is 0 Å². The van der Waals surface area contributed by atoms with Crippen LogP contribution < -0.4 is 5.32 Å². The predicted molar refractivity (Wildman–Crippen MR) is 105 cm³/mol. The number of nitrogens with one attached hydrogen (secondary N) is 1. The number of carbonyl (C=O) groups is 2. The second-order valence-electron chi connectivity index (χ2n) is 8.87. The van der Waals surface area contributed by atoms with Crippen LogP contribution >= 0.6 is 0 Å². The Labute approximate surface area is 157 Å². The molecule has 3 rings (SSSR count). The van der Waals surface area contributed by atoms with Crippen LogP contribution in [0.15, 0.2) is 24.3 Å². The van der Waals surface area contributed by atoms with Gasteiger partial charge in [0.2, 0.25) is 11.8 Å². The van der Waals surface area contributed by atoms with Gasteiger partial charge in [0.25, 0.3) is 0 Å². The van der Waals surface area contributed by atoms with Crippen LogP contribution in [0.3, 0.4) is 0 Å². The molecule has 1 aliphatic carbocycles. The highest BCUT2D eigenvalue weighted by atomic mass is 16.2. The Hall–Kier alpha value is -1.84. The van der Waals surface area contributed by atoms with E-state index in [4.69, 9.17) is 0 Å². The predicted octanol–water partition coefficient (Wildman–Crippen LogP) is 4.35. The molecule has 1 saturated carbocycles. The molecule has 0 spiro atoms. The summed E-state index contributed by atoms with van der Waals surface area (Å²) in [7, 11) is 0. The summed E-state index contributed by atoms with van der Waals surface area (Å²) in [6.07, 6.45) is 5.58. The van der Waals surface area contributed by atoms with Crippen molar-refractivity contribution in [3.05, 3.63) is 29.8 Å². The maximum absolute atomic E-state index is 12.8. The van der Waals surface area contributed by atoms with Gasteiger partial charge in [-0.25, -0.2) is 0 Å². The van der Waals surface area contributed by atoms with Gasteiger partial charge < -0.3 is 10.2 Å². The van der Waals surface area contributed by atoms with E-state index in [1.807, 2.05) is 23.1 Å². The van der Waals surface area contributed by atoms with Gasteiger partial charge in [0, 0.05) is 30.6 Å². The van der Waals surface area contributed by atoms with Crippen molar-refractivity contribution < 1.29 is 9.59 Å². The molecule has 26 heavy (non-hydrogen) atoms. The van der Waals surface area contributed by atoms with Crippen molar-refractivity contribution in [2.24, 2.45) is 11.8 Å². The average Bonchev–Trinajstić information content (AvgIpc) is 3.15. The summed E-state index contributed by atoms with van der Waals surface area (Å²) in [5.74, 6) is 0.567. The molecule has 0 bridgehead atoms. The Balaban J connectivity index is 1.57. The number of hydrogen-bond acceptors (Lipinski definition) is 2. The third-order valence-corrected chi connectivity index (χ3v) is 5.86. The minimum atomic E-state index is -0.0102. The normalized spacial score (nSPS) is 23.7. The summed E-state index contributed by atoms with van der Waals surface area (Å²) < 4.78 is 0. The quantitative estimate of drug-likeness (QED) is 0.875. The van der Waals surface area contributed by atoms with Crippen LogP contribution in [0, 0.1) is 11.8 Å². The van der Waals surface area contributed by atoms with Gasteiger partial charge in [0.1, 0.15) is 0 Å². The molecule has 4 heteroatoms. The summed E-state index contributed by atoms with van der Waals surface area (Å²) in [6.45, 7) is 8.32. The van der Waals surface area contributed by atoms with Crippen molar-refractivity contribution in [3.8, 4) is 0 Å². The van der Waals surface area contributed by atoms with Gasteiger partial charge in [-0.1, -0.05) is 39.0 Å². The van der Waals surface area contributed by atoms with Crippen LogP contribution in [0.5, 0.6) is 0 Å². The third kappa shape index (κ3) is 4.28. The SMILES string of the molecule is CC(C)(C)c1ccccc1NC(=O)C1CCC(C(=O)N2CCCC2)CC1. The molecule has 1 aromatic rings. The maximum Gasteiger partial charge on any atom is 0.227 e. The van der Waals surface area contributed by atoms with Crippen molar-refractivity contribution in [2.45, 2.75) is 64.7 Å². The van der Waals surface area contributed by atoms with E-state index >= 15 is 0 Å².